The lowest BCUT2D eigenvalue weighted by molar-refractivity contribution is -0.145. The molecule has 0 spiro atoms. The van der Waals surface area contributed by atoms with Crippen molar-refractivity contribution < 1.29 is 19.7 Å². The second-order valence-corrected chi connectivity index (χ2v) is 3.44. The Morgan fingerprint density at radius 3 is 2.42 bits per heavy atom. The van der Waals surface area contributed by atoms with Gasteiger partial charge in [-0.3, -0.25) is 4.79 Å². The molecular weight excluding hydrogens is 160 g/mol. The van der Waals surface area contributed by atoms with Crippen LogP contribution < -0.4 is 0 Å². The Balaban J connectivity index is 4.02. The van der Waals surface area contributed by atoms with Crippen molar-refractivity contribution >= 4 is 5.97 Å². The van der Waals surface area contributed by atoms with E-state index in [9.17, 15) is 9.90 Å². The number of carbonyl (C=O) groups is 1. The maximum atomic E-state index is 10.7. The van der Waals surface area contributed by atoms with E-state index < -0.39 is 17.5 Å². The number of methoxy groups -OCH3 is 1. The molecule has 0 amide bonds. The minimum absolute atomic E-state index is 0.0793. The van der Waals surface area contributed by atoms with Gasteiger partial charge in [0.05, 0.1) is 26.2 Å². The zero-order chi connectivity index (χ0) is 9.78. The standard InChI is InChI=1S/C8H16O4/c1-8(2,5-9)6(10)4-7(11)12-3/h6,9-10H,4-5H2,1-3H3/t6-/m1/s1. The highest BCUT2D eigenvalue weighted by Crippen LogP contribution is 2.21. The van der Waals surface area contributed by atoms with Crippen LogP contribution in [0.3, 0.4) is 0 Å². The highest BCUT2D eigenvalue weighted by atomic mass is 16.5. The lowest BCUT2D eigenvalue weighted by atomic mass is 9.86. The van der Waals surface area contributed by atoms with Crippen LogP contribution in [0.2, 0.25) is 0 Å². The third-order valence-electron chi connectivity index (χ3n) is 1.90. The first-order valence-electron chi connectivity index (χ1n) is 3.79. The quantitative estimate of drug-likeness (QED) is 0.588. The van der Waals surface area contributed by atoms with Crippen LogP contribution in [0.25, 0.3) is 0 Å². The van der Waals surface area contributed by atoms with Crippen molar-refractivity contribution in [3.8, 4) is 0 Å². The van der Waals surface area contributed by atoms with E-state index >= 15 is 0 Å². The van der Waals surface area contributed by atoms with Crippen LogP contribution in [0.5, 0.6) is 0 Å². The number of ether oxygens (including phenoxy) is 1. The molecule has 0 rings (SSSR count). The topological polar surface area (TPSA) is 66.8 Å². The van der Waals surface area contributed by atoms with Gasteiger partial charge in [-0.2, -0.15) is 0 Å². The van der Waals surface area contributed by atoms with Crippen LogP contribution in [0.15, 0.2) is 0 Å². The van der Waals surface area contributed by atoms with Crippen LogP contribution in [-0.2, 0) is 9.53 Å². The molecule has 0 saturated carbocycles. The summed E-state index contributed by atoms with van der Waals surface area (Å²) in [5, 5.41) is 18.3. The zero-order valence-corrected chi connectivity index (χ0v) is 7.70. The molecule has 0 heterocycles. The normalized spacial score (nSPS) is 14.1. The van der Waals surface area contributed by atoms with E-state index in [1.807, 2.05) is 0 Å². The Hall–Kier alpha value is -0.610. The summed E-state index contributed by atoms with van der Waals surface area (Å²) >= 11 is 0. The van der Waals surface area contributed by atoms with Crippen LogP contribution in [0.4, 0.5) is 0 Å². The molecular formula is C8H16O4. The molecule has 1 atom stereocenters. The molecule has 4 nitrogen and oxygen atoms in total. The lowest BCUT2D eigenvalue weighted by Gasteiger charge is -2.27. The first kappa shape index (κ1) is 11.4. The fourth-order valence-corrected chi connectivity index (χ4v) is 0.623. The van der Waals surface area contributed by atoms with Gasteiger partial charge in [0.25, 0.3) is 0 Å². The predicted molar refractivity (Wildman–Crippen MR) is 43.5 cm³/mol. The summed E-state index contributed by atoms with van der Waals surface area (Å²) in [6.45, 7) is 3.20. The Labute approximate surface area is 72.2 Å². The third kappa shape index (κ3) is 3.19. The summed E-state index contributed by atoms with van der Waals surface area (Å²) in [7, 11) is 1.26. The van der Waals surface area contributed by atoms with E-state index in [-0.39, 0.29) is 13.0 Å². The fraction of sp³-hybridized carbons (Fsp3) is 0.875. The Morgan fingerprint density at radius 2 is 2.08 bits per heavy atom. The molecule has 0 saturated heterocycles. The van der Waals surface area contributed by atoms with E-state index in [4.69, 9.17) is 5.11 Å². The van der Waals surface area contributed by atoms with Gasteiger partial charge >= 0.3 is 5.97 Å². The number of esters is 1. The van der Waals surface area contributed by atoms with Gasteiger partial charge in [0.2, 0.25) is 0 Å². The van der Waals surface area contributed by atoms with Crippen molar-refractivity contribution in [2.45, 2.75) is 26.4 Å². The van der Waals surface area contributed by atoms with Gasteiger partial charge in [-0.05, 0) is 0 Å². The van der Waals surface area contributed by atoms with E-state index in [1.54, 1.807) is 13.8 Å². The monoisotopic (exact) mass is 176 g/mol. The zero-order valence-electron chi connectivity index (χ0n) is 7.70. The van der Waals surface area contributed by atoms with Crippen LogP contribution in [-0.4, -0.2) is 36.0 Å². The molecule has 0 aromatic carbocycles. The Kier molecular flexibility index (Phi) is 4.20. The minimum Gasteiger partial charge on any atom is -0.469 e. The summed E-state index contributed by atoms with van der Waals surface area (Å²) in [5.41, 5.74) is -0.659. The molecule has 0 aliphatic heterocycles. The van der Waals surface area contributed by atoms with Crippen molar-refractivity contribution in [2.24, 2.45) is 5.41 Å². The van der Waals surface area contributed by atoms with Crippen molar-refractivity contribution in [2.75, 3.05) is 13.7 Å². The van der Waals surface area contributed by atoms with Gasteiger partial charge in [0, 0.05) is 5.41 Å². The number of aliphatic hydroxyl groups excluding tert-OH is 2. The molecule has 72 valence electrons. The SMILES string of the molecule is COC(=O)C[C@@H](O)C(C)(C)CO. The maximum absolute atomic E-state index is 10.7. The minimum atomic E-state index is -0.866. The highest BCUT2D eigenvalue weighted by Gasteiger charge is 2.29. The molecule has 0 fully saturated rings. The first-order chi connectivity index (χ1) is 5.44. The summed E-state index contributed by atoms with van der Waals surface area (Å²) in [6.07, 6.45) is -0.945. The van der Waals surface area contributed by atoms with E-state index in [2.05, 4.69) is 4.74 Å². The lowest BCUT2D eigenvalue weighted by Crippen LogP contribution is -2.34. The summed E-state index contributed by atoms with van der Waals surface area (Å²) in [6, 6.07) is 0. The summed E-state index contributed by atoms with van der Waals surface area (Å²) in [5.74, 6) is -0.468. The summed E-state index contributed by atoms with van der Waals surface area (Å²) in [4.78, 5) is 10.7. The van der Waals surface area contributed by atoms with Crippen molar-refractivity contribution in [3.63, 3.8) is 0 Å². The first-order valence-corrected chi connectivity index (χ1v) is 3.79. The van der Waals surface area contributed by atoms with Crippen molar-refractivity contribution in [1.29, 1.82) is 0 Å². The smallest absolute Gasteiger partial charge is 0.308 e. The molecule has 12 heavy (non-hydrogen) atoms. The number of rotatable bonds is 4. The largest absolute Gasteiger partial charge is 0.469 e. The second kappa shape index (κ2) is 4.42. The molecule has 0 unspecified atom stereocenters. The molecule has 0 bridgehead atoms. The van der Waals surface area contributed by atoms with Gasteiger partial charge < -0.3 is 14.9 Å². The maximum Gasteiger partial charge on any atom is 0.308 e. The average Bonchev–Trinajstić information content (AvgIpc) is 2.04. The number of carbonyl (C=O) groups excluding carboxylic acids is 1. The van der Waals surface area contributed by atoms with E-state index in [1.165, 1.54) is 7.11 Å². The molecule has 0 aromatic heterocycles. The van der Waals surface area contributed by atoms with Crippen molar-refractivity contribution in [3.05, 3.63) is 0 Å². The number of aliphatic hydroxyl groups is 2. The van der Waals surface area contributed by atoms with E-state index in [0.717, 1.165) is 0 Å². The predicted octanol–water partition coefficient (Wildman–Crippen LogP) is -0.0711. The molecule has 0 aliphatic rings. The van der Waals surface area contributed by atoms with Crippen LogP contribution >= 0.6 is 0 Å². The highest BCUT2D eigenvalue weighted by molar-refractivity contribution is 5.69. The van der Waals surface area contributed by atoms with E-state index in [0.29, 0.717) is 0 Å². The average molecular weight is 176 g/mol. The van der Waals surface area contributed by atoms with Crippen molar-refractivity contribution in [1.82, 2.24) is 0 Å². The van der Waals surface area contributed by atoms with Crippen LogP contribution in [0.1, 0.15) is 20.3 Å². The van der Waals surface area contributed by atoms with Crippen LogP contribution in [0, 0.1) is 5.41 Å². The van der Waals surface area contributed by atoms with Gasteiger partial charge in [-0.15, -0.1) is 0 Å². The van der Waals surface area contributed by atoms with Gasteiger partial charge in [0.15, 0.2) is 0 Å². The second-order valence-electron chi connectivity index (χ2n) is 3.44. The third-order valence-corrected chi connectivity index (χ3v) is 1.90. The molecule has 0 aliphatic carbocycles. The number of hydrogen-bond donors (Lipinski definition) is 2. The molecule has 0 radical (unpaired) electrons. The fourth-order valence-electron chi connectivity index (χ4n) is 0.623. The Bertz CT molecular complexity index is 153. The molecule has 2 N–H and O–H groups in total. The Morgan fingerprint density at radius 1 is 1.58 bits per heavy atom. The van der Waals surface area contributed by atoms with Gasteiger partial charge in [0.1, 0.15) is 0 Å². The van der Waals surface area contributed by atoms with Gasteiger partial charge in [-0.25, -0.2) is 0 Å². The summed E-state index contributed by atoms with van der Waals surface area (Å²) < 4.78 is 4.38. The molecule has 4 heteroatoms. The number of hydrogen-bond acceptors (Lipinski definition) is 4. The van der Waals surface area contributed by atoms with Gasteiger partial charge in [-0.1, -0.05) is 13.8 Å². The molecule has 0 aromatic rings.